The first-order valence-corrected chi connectivity index (χ1v) is 6.08. The van der Waals surface area contributed by atoms with E-state index in [1.165, 1.54) is 4.57 Å². The number of carboxylic acids is 1. The molecule has 18 heavy (non-hydrogen) atoms. The van der Waals surface area contributed by atoms with E-state index in [0.717, 1.165) is 16.9 Å². The highest BCUT2D eigenvalue weighted by molar-refractivity contribution is 7.11. The number of carbonyl (C=O) groups is 1. The maximum atomic E-state index is 11.8. The Labute approximate surface area is 106 Å². The maximum absolute atomic E-state index is 11.8. The first-order chi connectivity index (χ1) is 8.41. The van der Waals surface area contributed by atoms with E-state index in [2.05, 4.69) is 5.16 Å². The fourth-order valence-corrected chi connectivity index (χ4v) is 2.57. The summed E-state index contributed by atoms with van der Waals surface area (Å²) in [4.78, 5) is 22.5. The molecular formula is C11H12N2O4S. The second-order valence-electron chi connectivity index (χ2n) is 3.98. The quantitative estimate of drug-likeness (QED) is 0.913. The van der Waals surface area contributed by atoms with Crippen LogP contribution < -0.4 is 4.87 Å². The van der Waals surface area contributed by atoms with Crippen molar-refractivity contribution in [2.45, 2.75) is 27.3 Å². The second kappa shape index (κ2) is 4.41. The van der Waals surface area contributed by atoms with Gasteiger partial charge >= 0.3 is 10.8 Å². The average molecular weight is 268 g/mol. The van der Waals surface area contributed by atoms with E-state index in [1.54, 1.807) is 20.8 Å². The monoisotopic (exact) mass is 268 g/mol. The smallest absolute Gasteiger partial charge is 0.347 e. The van der Waals surface area contributed by atoms with Crippen molar-refractivity contribution in [1.82, 2.24) is 9.72 Å². The van der Waals surface area contributed by atoms with Crippen LogP contribution in [0.2, 0.25) is 0 Å². The predicted molar refractivity (Wildman–Crippen MR) is 65.4 cm³/mol. The van der Waals surface area contributed by atoms with Crippen molar-refractivity contribution >= 4 is 17.3 Å². The third-order valence-corrected chi connectivity index (χ3v) is 3.90. The number of carboxylic acid groups (broad SMARTS) is 1. The highest BCUT2D eigenvalue weighted by Crippen LogP contribution is 2.17. The molecule has 2 heterocycles. The number of thiazole rings is 1. The Morgan fingerprint density at radius 3 is 2.56 bits per heavy atom. The van der Waals surface area contributed by atoms with E-state index in [-0.39, 0.29) is 16.3 Å². The first-order valence-electron chi connectivity index (χ1n) is 5.27. The lowest BCUT2D eigenvalue weighted by Gasteiger charge is -2.04. The zero-order chi connectivity index (χ0) is 13.4. The molecule has 0 unspecified atom stereocenters. The van der Waals surface area contributed by atoms with Gasteiger partial charge in [-0.15, -0.1) is 0 Å². The largest absolute Gasteiger partial charge is 0.477 e. The minimum Gasteiger partial charge on any atom is -0.477 e. The molecule has 2 aromatic rings. The molecular weight excluding hydrogens is 256 g/mol. The summed E-state index contributed by atoms with van der Waals surface area (Å²) in [7, 11) is 0. The molecule has 0 bridgehead atoms. The van der Waals surface area contributed by atoms with E-state index in [1.807, 2.05) is 0 Å². The number of hydrogen-bond acceptors (Lipinski definition) is 5. The molecule has 0 fully saturated rings. The summed E-state index contributed by atoms with van der Waals surface area (Å²) in [6.07, 6.45) is 0. The fraction of sp³-hybridized carbons (Fsp3) is 0.364. The summed E-state index contributed by atoms with van der Waals surface area (Å²) in [6, 6.07) is 0. The Bertz CT molecular complexity index is 646. The van der Waals surface area contributed by atoms with Crippen LogP contribution in [0.1, 0.15) is 32.4 Å². The summed E-state index contributed by atoms with van der Waals surface area (Å²) >= 11 is 0.739. The van der Waals surface area contributed by atoms with Crippen molar-refractivity contribution in [3.05, 3.63) is 37.3 Å². The standard InChI is InChI=1S/C11H12N2O4S/c1-5-8(7(3)17-12-5)4-13-6(2)9(10(14)15)18-11(13)16/h4H2,1-3H3,(H,14,15). The minimum absolute atomic E-state index is 0.0757. The lowest BCUT2D eigenvalue weighted by atomic mass is 10.2. The van der Waals surface area contributed by atoms with E-state index >= 15 is 0 Å². The van der Waals surface area contributed by atoms with Crippen LogP contribution in [0.4, 0.5) is 0 Å². The Kier molecular flexibility index (Phi) is 3.08. The van der Waals surface area contributed by atoms with Crippen molar-refractivity contribution in [3.63, 3.8) is 0 Å². The second-order valence-corrected chi connectivity index (χ2v) is 4.94. The number of nitrogens with zero attached hydrogens (tertiary/aromatic N) is 2. The van der Waals surface area contributed by atoms with Crippen molar-refractivity contribution < 1.29 is 14.4 Å². The number of rotatable bonds is 3. The van der Waals surface area contributed by atoms with Gasteiger partial charge in [0.25, 0.3) is 0 Å². The Balaban J connectivity index is 2.48. The molecule has 7 heteroatoms. The van der Waals surface area contributed by atoms with Crippen molar-refractivity contribution in [1.29, 1.82) is 0 Å². The highest BCUT2D eigenvalue weighted by atomic mass is 32.1. The van der Waals surface area contributed by atoms with Gasteiger partial charge in [-0.05, 0) is 20.8 Å². The van der Waals surface area contributed by atoms with Gasteiger partial charge in [0, 0.05) is 11.3 Å². The van der Waals surface area contributed by atoms with Crippen LogP contribution in [-0.2, 0) is 6.54 Å². The lowest BCUT2D eigenvalue weighted by molar-refractivity contribution is 0.0701. The Hall–Kier alpha value is -1.89. The van der Waals surface area contributed by atoms with Gasteiger partial charge in [-0.2, -0.15) is 0 Å². The summed E-state index contributed by atoms with van der Waals surface area (Å²) < 4.78 is 6.45. The molecule has 0 amide bonds. The van der Waals surface area contributed by atoms with Gasteiger partial charge in [0.2, 0.25) is 0 Å². The third kappa shape index (κ3) is 1.97. The molecule has 6 nitrogen and oxygen atoms in total. The zero-order valence-electron chi connectivity index (χ0n) is 10.2. The van der Waals surface area contributed by atoms with Crippen LogP contribution in [0.25, 0.3) is 0 Å². The number of aryl methyl sites for hydroxylation is 2. The van der Waals surface area contributed by atoms with Gasteiger partial charge in [0.15, 0.2) is 0 Å². The highest BCUT2D eigenvalue weighted by Gasteiger charge is 2.19. The zero-order valence-corrected chi connectivity index (χ0v) is 11.0. The number of hydrogen-bond donors (Lipinski definition) is 1. The van der Waals surface area contributed by atoms with Crippen LogP contribution in [0.5, 0.6) is 0 Å². The van der Waals surface area contributed by atoms with Gasteiger partial charge in [-0.25, -0.2) is 4.79 Å². The molecule has 0 aliphatic heterocycles. The molecule has 0 saturated heterocycles. The topological polar surface area (TPSA) is 85.3 Å². The number of aromatic nitrogens is 2. The number of aromatic carboxylic acids is 1. The Morgan fingerprint density at radius 2 is 2.11 bits per heavy atom. The van der Waals surface area contributed by atoms with Gasteiger partial charge < -0.3 is 9.63 Å². The van der Waals surface area contributed by atoms with Gasteiger partial charge in [-0.1, -0.05) is 16.5 Å². The molecule has 2 aromatic heterocycles. The van der Waals surface area contributed by atoms with Crippen LogP contribution in [0, 0.1) is 20.8 Å². The summed E-state index contributed by atoms with van der Waals surface area (Å²) in [6.45, 7) is 5.46. The third-order valence-electron chi connectivity index (χ3n) is 2.83. The molecule has 0 spiro atoms. The molecule has 0 saturated carbocycles. The van der Waals surface area contributed by atoms with Crippen molar-refractivity contribution in [2.75, 3.05) is 0 Å². The van der Waals surface area contributed by atoms with E-state index in [4.69, 9.17) is 9.63 Å². The van der Waals surface area contributed by atoms with E-state index < -0.39 is 5.97 Å². The maximum Gasteiger partial charge on any atom is 0.347 e. The minimum atomic E-state index is -1.08. The van der Waals surface area contributed by atoms with Gasteiger partial charge in [0.1, 0.15) is 10.6 Å². The molecule has 96 valence electrons. The van der Waals surface area contributed by atoms with Crippen LogP contribution in [0.3, 0.4) is 0 Å². The van der Waals surface area contributed by atoms with Crippen molar-refractivity contribution in [3.8, 4) is 0 Å². The molecule has 0 aromatic carbocycles. The predicted octanol–water partition coefficient (Wildman–Crippen LogP) is 1.57. The van der Waals surface area contributed by atoms with E-state index in [9.17, 15) is 9.59 Å². The van der Waals surface area contributed by atoms with Crippen LogP contribution >= 0.6 is 11.3 Å². The lowest BCUT2D eigenvalue weighted by Crippen LogP contribution is -2.16. The van der Waals surface area contributed by atoms with Crippen LogP contribution in [0.15, 0.2) is 9.32 Å². The molecule has 2 rings (SSSR count). The molecule has 0 aliphatic carbocycles. The average Bonchev–Trinajstić information content (AvgIpc) is 2.75. The first kappa shape index (κ1) is 12.6. The molecule has 0 aliphatic rings. The van der Waals surface area contributed by atoms with Crippen LogP contribution in [-0.4, -0.2) is 20.8 Å². The van der Waals surface area contributed by atoms with Crippen molar-refractivity contribution in [2.24, 2.45) is 0 Å². The fourth-order valence-electron chi connectivity index (χ4n) is 1.74. The summed E-state index contributed by atoms with van der Waals surface area (Å²) in [5, 5.41) is 12.8. The Morgan fingerprint density at radius 1 is 1.44 bits per heavy atom. The normalized spacial score (nSPS) is 10.8. The SMILES string of the molecule is Cc1noc(C)c1Cn1c(C)c(C(=O)O)sc1=O. The summed E-state index contributed by atoms with van der Waals surface area (Å²) in [5.74, 6) is -0.436. The summed E-state index contributed by atoms with van der Waals surface area (Å²) in [5.41, 5.74) is 1.98. The molecule has 0 radical (unpaired) electrons. The van der Waals surface area contributed by atoms with Gasteiger partial charge in [0.05, 0.1) is 12.2 Å². The molecule has 0 atom stereocenters. The van der Waals surface area contributed by atoms with E-state index in [0.29, 0.717) is 17.1 Å². The molecule has 1 N–H and O–H groups in total. The van der Waals surface area contributed by atoms with Gasteiger partial charge in [-0.3, -0.25) is 9.36 Å².